The number of benzene rings is 3. The van der Waals surface area contributed by atoms with Crippen molar-refractivity contribution in [1.29, 1.82) is 0 Å². The van der Waals surface area contributed by atoms with E-state index in [1.807, 2.05) is 37.3 Å². The van der Waals surface area contributed by atoms with E-state index in [1.54, 1.807) is 12.1 Å². The highest BCUT2D eigenvalue weighted by molar-refractivity contribution is 5.78. The molecule has 160 valence electrons. The second-order valence-corrected chi connectivity index (χ2v) is 8.06. The molecule has 5 nitrogen and oxygen atoms in total. The van der Waals surface area contributed by atoms with Crippen LogP contribution in [0.2, 0.25) is 0 Å². The van der Waals surface area contributed by atoms with Gasteiger partial charge in [-0.1, -0.05) is 54.6 Å². The Morgan fingerprint density at radius 1 is 0.871 bits per heavy atom. The summed E-state index contributed by atoms with van der Waals surface area (Å²) in [5.74, 6) is 0.334. The molecular weight excluding hydrogens is 386 g/mol. The van der Waals surface area contributed by atoms with Gasteiger partial charge in [0.1, 0.15) is 5.75 Å². The largest absolute Gasteiger partial charge is 0.508 e. The Kier molecular flexibility index (Phi) is 6.53. The van der Waals surface area contributed by atoms with Crippen molar-refractivity contribution in [2.24, 2.45) is 0 Å². The molecule has 0 spiro atoms. The second-order valence-electron chi connectivity index (χ2n) is 8.06. The molecule has 0 saturated carbocycles. The number of anilines is 1. The van der Waals surface area contributed by atoms with Gasteiger partial charge < -0.3 is 15.3 Å². The number of amides is 1. The summed E-state index contributed by atoms with van der Waals surface area (Å²) in [6.07, 6.45) is 0. The maximum atomic E-state index is 12.6. The van der Waals surface area contributed by atoms with E-state index in [0.717, 1.165) is 37.4 Å². The molecule has 0 bridgehead atoms. The summed E-state index contributed by atoms with van der Waals surface area (Å²) in [6.45, 7) is 5.86. The van der Waals surface area contributed by atoms with E-state index in [-0.39, 0.29) is 17.7 Å². The molecule has 0 aromatic heterocycles. The average Bonchev–Trinajstić information content (AvgIpc) is 2.81. The van der Waals surface area contributed by atoms with Crippen LogP contribution in [0.4, 0.5) is 5.69 Å². The molecule has 0 unspecified atom stereocenters. The van der Waals surface area contributed by atoms with Gasteiger partial charge in [-0.15, -0.1) is 0 Å². The highest BCUT2D eigenvalue weighted by Crippen LogP contribution is 2.22. The quantitative estimate of drug-likeness (QED) is 0.638. The van der Waals surface area contributed by atoms with Crippen LogP contribution >= 0.6 is 0 Å². The molecular formula is C26H29N3O2. The van der Waals surface area contributed by atoms with Crippen molar-refractivity contribution in [3.05, 3.63) is 84.4 Å². The van der Waals surface area contributed by atoms with Crippen molar-refractivity contribution in [2.45, 2.75) is 13.0 Å². The van der Waals surface area contributed by atoms with Crippen LogP contribution < -0.4 is 10.2 Å². The van der Waals surface area contributed by atoms with Crippen LogP contribution in [0.15, 0.2) is 78.9 Å². The molecule has 1 aliphatic heterocycles. The SMILES string of the molecule is C[C@H](NC(=O)CN1CCN(c2ccc(O)cc2)CC1)c1ccc(-c2ccccc2)cc1. The molecule has 1 saturated heterocycles. The zero-order valence-corrected chi connectivity index (χ0v) is 17.9. The molecule has 1 fully saturated rings. The van der Waals surface area contributed by atoms with Gasteiger partial charge in [0.25, 0.3) is 0 Å². The monoisotopic (exact) mass is 415 g/mol. The average molecular weight is 416 g/mol. The molecule has 1 amide bonds. The number of nitrogens with zero attached hydrogens (tertiary/aromatic N) is 2. The predicted octanol–water partition coefficient (Wildman–Crippen LogP) is 4.06. The molecule has 5 heteroatoms. The van der Waals surface area contributed by atoms with Crippen molar-refractivity contribution >= 4 is 11.6 Å². The van der Waals surface area contributed by atoms with Gasteiger partial charge in [-0.3, -0.25) is 9.69 Å². The van der Waals surface area contributed by atoms with E-state index in [0.29, 0.717) is 6.54 Å². The van der Waals surface area contributed by atoms with Crippen LogP contribution in [-0.4, -0.2) is 48.6 Å². The standard InChI is InChI=1S/C26H29N3O2/c1-20(21-7-9-23(10-8-21)22-5-3-2-4-6-22)27-26(31)19-28-15-17-29(18-16-28)24-11-13-25(30)14-12-24/h2-14,20,30H,15-19H2,1H3,(H,27,31)/t20-/m0/s1. The number of nitrogens with one attached hydrogen (secondary N) is 1. The molecule has 1 aliphatic rings. The van der Waals surface area contributed by atoms with Crippen LogP contribution in [0.1, 0.15) is 18.5 Å². The number of phenols is 1. The van der Waals surface area contributed by atoms with E-state index in [2.05, 4.69) is 51.5 Å². The lowest BCUT2D eigenvalue weighted by Gasteiger charge is -2.35. The van der Waals surface area contributed by atoms with Crippen LogP contribution in [0.3, 0.4) is 0 Å². The third-order valence-corrected chi connectivity index (χ3v) is 5.85. The normalized spacial score (nSPS) is 15.5. The molecule has 2 N–H and O–H groups in total. The second kappa shape index (κ2) is 9.67. The van der Waals surface area contributed by atoms with Gasteiger partial charge in [-0.25, -0.2) is 0 Å². The topological polar surface area (TPSA) is 55.8 Å². The molecule has 3 aromatic rings. The third kappa shape index (κ3) is 5.44. The maximum Gasteiger partial charge on any atom is 0.234 e. The van der Waals surface area contributed by atoms with E-state index in [9.17, 15) is 9.90 Å². The Morgan fingerprint density at radius 2 is 1.48 bits per heavy atom. The molecule has 0 radical (unpaired) electrons. The number of carbonyl (C=O) groups is 1. The van der Waals surface area contributed by atoms with Crippen molar-refractivity contribution in [2.75, 3.05) is 37.6 Å². The fourth-order valence-electron chi connectivity index (χ4n) is 4.00. The number of rotatable bonds is 6. The minimum atomic E-state index is -0.0318. The summed E-state index contributed by atoms with van der Waals surface area (Å²) in [5, 5.41) is 12.6. The van der Waals surface area contributed by atoms with Crippen LogP contribution in [0.25, 0.3) is 11.1 Å². The third-order valence-electron chi connectivity index (χ3n) is 5.85. The van der Waals surface area contributed by atoms with Crippen molar-refractivity contribution in [1.82, 2.24) is 10.2 Å². The first-order valence-corrected chi connectivity index (χ1v) is 10.8. The van der Waals surface area contributed by atoms with Crippen LogP contribution in [0, 0.1) is 0 Å². The highest BCUT2D eigenvalue weighted by Gasteiger charge is 2.20. The molecule has 1 heterocycles. The van der Waals surface area contributed by atoms with Crippen LogP contribution in [-0.2, 0) is 4.79 Å². The minimum absolute atomic E-state index is 0.0318. The zero-order valence-electron chi connectivity index (χ0n) is 17.9. The Balaban J connectivity index is 1.25. The molecule has 3 aromatic carbocycles. The van der Waals surface area contributed by atoms with Gasteiger partial charge in [0, 0.05) is 31.9 Å². The van der Waals surface area contributed by atoms with E-state index >= 15 is 0 Å². The predicted molar refractivity (Wildman–Crippen MR) is 125 cm³/mol. The maximum absolute atomic E-state index is 12.6. The first kappa shape index (κ1) is 20.9. The Labute approximate surface area is 183 Å². The number of piperazine rings is 1. The first-order valence-electron chi connectivity index (χ1n) is 10.8. The van der Waals surface area contributed by atoms with Crippen molar-refractivity contribution < 1.29 is 9.90 Å². The summed E-state index contributed by atoms with van der Waals surface area (Å²) in [5.41, 5.74) is 4.58. The lowest BCUT2D eigenvalue weighted by atomic mass is 10.0. The number of carbonyl (C=O) groups excluding carboxylic acids is 1. The summed E-state index contributed by atoms with van der Waals surface area (Å²) in [4.78, 5) is 17.1. The van der Waals surface area contributed by atoms with Gasteiger partial charge in [0.15, 0.2) is 0 Å². The summed E-state index contributed by atoms with van der Waals surface area (Å²) in [7, 11) is 0. The van der Waals surface area contributed by atoms with Gasteiger partial charge in [0.05, 0.1) is 12.6 Å². The summed E-state index contributed by atoms with van der Waals surface area (Å²) < 4.78 is 0. The smallest absolute Gasteiger partial charge is 0.234 e. The first-order chi connectivity index (χ1) is 15.1. The fourth-order valence-corrected chi connectivity index (χ4v) is 4.00. The Hall–Kier alpha value is -3.31. The number of phenolic OH excluding ortho intramolecular Hbond substituents is 1. The van der Waals surface area contributed by atoms with E-state index in [1.165, 1.54) is 11.1 Å². The molecule has 0 aliphatic carbocycles. The zero-order chi connectivity index (χ0) is 21.6. The number of hydrogen-bond donors (Lipinski definition) is 2. The van der Waals surface area contributed by atoms with Gasteiger partial charge in [0.2, 0.25) is 5.91 Å². The van der Waals surface area contributed by atoms with Crippen LogP contribution in [0.5, 0.6) is 5.75 Å². The Bertz CT molecular complexity index is 979. The van der Waals surface area contributed by atoms with Gasteiger partial charge in [-0.2, -0.15) is 0 Å². The van der Waals surface area contributed by atoms with Gasteiger partial charge >= 0.3 is 0 Å². The number of aromatic hydroxyl groups is 1. The van der Waals surface area contributed by atoms with Gasteiger partial charge in [-0.05, 0) is 47.9 Å². The summed E-state index contributed by atoms with van der Waals surface area (Å²) >= 11 is 0. The highest BCUT2D eigenvalue weighted by atomic mass is 16.3. The molecule has 31 heavy (non-hydrogen) atoms. The molecule has 4 rings (SSSR count). The number of hydrogen-bond acceptors (Lipinski definition) is 4. The van der Waals surface area contributed by atoms with E-state index < -0.39 is 0 Å². The Morgan fingerprint density at radius 3 is 2.13 bits per heavy atom. The lowest BCUT2D eigenvalue weighted by Crippen LogP contribution is -2.49. The van der Waals surface area contributed by atoms with E-state index in [4.69, 9.17) is 0 Å². The van der Waals surface area contributed by atoms with Crippen molar-refractivity contribution in [3.8, 4) is 16.9 Å². The summed E-state index contributed by atoms with van der Waals surface area (Å²) in [6, 6.07) is 25.9. The fraction of sp³-hybridized carbons (Fsp3) is 0.269. The van der Waals surface area contributed by atoms with Crippen molar-refractivity contribution in [3.63, 3.8) is 0 Å². The lowest BCUT2D eigenvalue weighted by molar-refractivity contribution is -0.123. The minimum Gasteiger partial charge on any atom is -0.508 e. The molecule has 1 atom stereocenters.